The number of nitro benzene ring substituents is 1. The van der Waals surface area contributed by atoms with Crippen LogP contribution < -0.4 is 10.6 Å². The number of amides is 1. The molecule has 2 N–H and O–H groups in total. The number of carbonyl (C=O) groups excluding carboxylic acids is 1. The number of piperidine rings is 1. The van der Waals surface area contributed by atoms with E-state index >= 15 is 0 Å². The largest absolute Gasteiger partial charge is 0.348 e. The molecule has 110 valence electrons. The molecule has 1 aliphatic rings. The second kappa shape index (κ2) is 7.21. The predicted molar refractivity (Wildman–Crippen MR) is 78.4 cm³/mol. The van der Waals surface area contributed by atoms with E-state index in [0.717, 1.165) is 25.9 Å². The number of aryl methyl sites for hydroxylation is 1. The van der Waals surface area contributed by atoms with Crippen LogP contribution in [0, 0.1) is 17.0 Å². The van der Waals surface area contributed by atoms with E-state index in [9.17, 15) is 14.9 Å². The Labute approximate surface area is 123 Å². The summed E-state index contributed by atoms with van der Waals surface area (Å²) in [5.74, 6) is -0.174. The fraction of sp³-hybridized carbons (Fsp3) is 0.462. The van der Waals surface area contributed by atoms with Crippen molar-refractivity contribution in [1.29, 1.82) is 0 Å². The third kappa shape index (κ3) is 3.91. The van der Waals surface area contributed by atoms with Crippen molar-refractivity contribution in [2.75, 3.05) is 13.1 Å². The smallest absolute Gasteiger partial charge is 0.272 e. The highest BCUT2D eigenvalue weighted by molar-refractivity contribution is 5.94. The van der Waals surface area contributed by atoms with Crippen molar-refractivity contribution in [2.24, 2.45) is 0 Å². The second-order valence-corrected chi connectivity index (χ2v) is 4.78. The van der Waals surface area contributed by atoms with Crippen LogP contribution in [-0.2, 0) is 0 Å². The van der Waals surface area contributed by atoms with Gasteiger partial charge in [-0.1, -0.05) is 0 Å². The molecule has 0 radical (unpaired) electrons. The van der Waals surface area contributed by atoms with E-state index in [-0.39, 0.29) is 30.0 Å². The van der Waals surface area contributed by atoms with E-state index in [1.54, 1.807) is 13.0 Å². The van der Waals surface area contributed by atoms with Gasteiger partial charge < -0.3 is 10.6 Å². The van der Waals surface area contributed by atoms with Gasteiger partial charge in [0.15, 0.2) is 0 Å². The second-order valence-electron chi connectivity index (χ2n) is 4.78. The number of halogens is 1. The summed E-state index contributed by atoms with van der Waals surface area (Å²) in [5.41, 5.74) is 1.00. The Morgan fingerprint density at radius 3 is 2.80 bits per heavy atom. The molecule has 6 nitrogen and oxygen atoms in total. The van der Waals surface area contributed by atoms with Gasteiger partial charge in [0.2, 0.25) is 0 Å². The SMILES string of the molecule is Cc1cc(C(=O)N[C@H]2CCCNC2)ccc1[N+](=O)[O-].Cl. The molecular weight excluding hydrogens is 282 g/mol. The molecule has 2 rings (SSSR count). The van der Waals surface area contributed by atoms with Crippen LogP contribution in [-0.4, -0.2) is 30.0 Å². The number of hydrogen-bond acceptors (Lipinski definition) is 4. The van der Waals surface area contributed by atoms with Gasteiger partial charge in [0.25, 0.3) is 11.6 Å². The van der Waals surface area contributed by atoms with Gasteiger partial charge in [0.05, 0.1) is 4.92 Å². The van der Waals surface area contributed by atoms with Crippen LogP contribution in [0.25, 0.3) is 0 Å². The Hall–Kier alpha value is -1.66. The summed E-state index contributed by atoms with van der Waals surface area (Å²) >= 11 is 0. The van der Waals surface area contributed by atoms with Crippen molar-refractivity contribution in [3.05, 3.63) is 39.4 Å². The summed E-state index contributed by atoms with van der Waals surface area (Å²) in [6, 6.07) is 4.57. The number of benzene rings is 1. The average Bonchev–Trinajstić information content (AvgIpc) is 2.39. The standard InChI is InChI=1S/C13H17N3O3.ClH/c1-9-7-10(4-5-12(9)16(18)19)13(17)15-11-3-2-6-14-8-11;/h4-5,7,11,14H,2-3,6,8H2,1H3,(H,15,17);1H/t11-;/m0./s1. The molecule has 1 fully saturated rings. The molecule has 0 saturated carbocycles. The third-order valence-electron chi connectivity index (χ3n) is 3.29. The van der Waals surface area contributed by atoms with Crippen molar-refractivity contribution < 1.29 is 9.72 Å². The summed E-state index contributed by atoms with van der Waals surface area (Å²) in [6.45, 7) is 3.40. The van der Waals surface area contributed by atoms with Gasteiger partial charge in [-0.15, -0.1) is 12.4 Å². The van der Waals surface area contributed by atoms with Crippen LogP contribution >= 0.6 is 12.4 Å². The fourth-order valence-corrected chi connectivity index (χ4v) is 2.25. The molecule has 7 heteroatoms. The molecule has 1 atom stereocenters. The van der Waals surface area contributed by atoms with E-state index in [4.69, 9.17) is 0 Å². The Balaban J connectivity index is 0.00000200. The average molecular weight is 300 g/mol. The molecule has 1 saturated heterocycles. The number of rotatable bonds is 3. The van der Waals surface area contributed by atoms with Crippen LogP contribution in [0.5, 0.6) is 0 Å². The maximum atomic E-state index is 12.0. The van der Waals surface area contributed by atoms with Crippen molar-refractivity contribution in [3.8, 4) is 0 Å². The highest BCUT2D eigenvalue weighted by Crippen LogP contribution is 2.18. The lowest BCUT2D eigenvalue weighted by atomic mass is 10.1. The van der Waals surface area contributed by atoms with Gasteiger partial charge in [-0.3, -0.25) is 14.9 Å². The minimum atomic E-state index is -0.442. The molecule has 0 unspecified atom stereocenters. The molecule has 0 spiro atoms. The highest BCUT2D eigenvalue weighted by atomic mass is 35.5. The summed E-state index contributed by atoms with van der Waals surface area (Å²) in [5, 5.41) is 16.9. The minimum absolute atomic E-state index is 0. The lowest BCUT2D eigenvalue weighted by molar-refractivity contribution is -0.385. The fourth-order valence-electron chi connectivity index (χ4n) is 2.25. The number of nitrogens with zero attached hydrogens (tertiary/aromatic N) is 1. The van der Waals surface area contributed by atoms with Crippen LogP contribution in [0.3, 0.4) is 0 Å². The Morgan fingerprint density at radius 1 is 1.50 bits per heavy atom. The van der Waals surface area contributed by atoms with Crippen LogP contribution in [0.15, 0.2) is 18.2 Å². The van der Waals surface area contributed by atoms with Crippen LogP contribution in [0.4, 0.5) is 5.69 Å². The molecule has 0 bridgehead atoms. The Morgan fingerprint density at radius 2 is 2.25 bits per heavy atom. The minimum Gasteiger partial charge on any atom is -0.348 e. The molecule has 1 amide bonds. The van der Waals surface area contributed by atoms with Gasteiger partial charge in [0, 0.05) is 29.8 Å². The molecule has 1 heterocycles. The molecule has 1 aliphatic heterocycles. The Kier molecular flexibility index (Phi) is 5.91. The van der Waals surface area contributed by atoms with E-state index in [1.165, 1.54) is 12.1 Å². The first kappa shape index (κ1) is 16.4. The van der Waals surface area contributed by atoms with Crippen LogP contribution in [0.1, 0.15) is 28.8 Å². The summed E-state index contributed by atoms with van der Waals surface area (Å²) in [7, 11) is 0. The molecule has 1 aromatic rings. The number of nitrogens with one attached hydrogen (secondary N) is 2. The number of nitro groups is 1. The third-order valence-corrected chi connectivity index (χ3v) is 3.29. The first-order valence-corrected chi connectivity index (χ1v) is 6.34. The number of hydrogen-bond donors (Lipinski definition) is 2. The quantitative estimate of drug-likeness (QED) is 0.658. The Bertz CT molecular complexity index is 502. The zero-order valence-electron chi connectivity index (χ0n) is 11.2. The van der Waals surface area contributed by atoms with E-state index in [2.05, 4.69) is 10.6 Å². The zero-order chi connectivity index (χ0) is 13.8. The van der Waals surface area contributed by atoms with E-state index < -0.39 is 4.92 Å². The van der Waals surface area contributed by atoms with Crippen molar-refractivity contribution in [3.63, 3.8) is 0 Å². The van der Waals surface area contributed by atoms with Crippen molar-refractivity contribution in [2.45, 2.75) is 25.8 Å². The lowest BCUT2D eigenvalue weighted by Crippen LogP contribution is -2.45. The predicted octanol–water partition coefficient (Wildman–Crippen LogP) is 1.81. The van der Waals surface area contributed by atoms with Gasteiger partial charge in [-0.25, -0.2) is 0 Å². The van der Waals surface area contributed by atoms with E-state index in [1.807, 2.05) is 0 Å². The molecule has 0 aliphatic carbocycles. The maximum Gasteiger partial charge on any atom is 0.272 e. The summed E-state index contributed by atoms with van der Waals surface area (Å²) in [4.78, 5) is 22.3. The van der Waals surface area contributed by atoms with Crippen LogP contribution in [0.2, 0.25) is 0 Å². The first-order valence-electron chi connectivity index (χ1n) is 6.34. The lowest BCUT2D eigenvalue weighted by Gasteiger charge is -2.23. The van der Waals surface area contributed by atoms with Gasteiger partial charge in [-0.05, 0) is 38.4 Å². The van der Waals surface area contributed by atoms with Crippen molar-refractivity contribution >= 4 is 24.0 Å². The monoisotopic (exact) mass is 299 g/mol. The molecule has 20 heavy (non-hydrogen) atoms. The molecular formula is C13H18ClN3O3. The maximum absolute atomic E-state index is 12.0. The van der Waals surface area contributed by atoms with Gasteiger partial charge >= 0.3 is 0 Å². The topological polar surface area (TPSA) is 84.3 Å². The van der Waals surface area contributed by atoms with E-state index in [0.29, 0.717) is 11.1 Å². The summed E-state index contributed by atoms with van der Waals surface area (Å²) < 4.78 is 0. The van der Waals surface area contributed by atoms with Gasteiger partial charge in [0.1, 0.15) is 0 Å². The highest BCUT2D eigenvalue weighted by Gasteiger charge is 2.18. The molecule has 1 aromatic carbocycles. The normalized spacial score (nSPS) is 17.9. The summed E-state index contributed by atoms with van der Waals surface area (Å²) in [6.07, 6.45) is 2.01. The first-order chi connectivity index (χ1) is 9.08. The number of carbonyl (C=O) groups is 1. The molecule has 0 aromatic heterocycles. The zero-order valence-corrected chi connectivity index (χ0v) is 12.0. The van der Waals surface area contributed by atoms with Gasteiger partial charge in [-0.2, -0.15) is 0 Å². The van der Waals surface area contributed by atoms with Crippen molar-refractivity contribution in [1.82, 2.24) is 10.6 Å².